The van der Waals surface area contributed by atoms with Crippen LogP contribution in [-0.2, 0) is 9.22 Å². The average molecular weight is 270 g/mol. The van der Waals surface area contributed by atoms with Crippen LogP contribution in [-0.4, -0.2) is 20.2 Å². The molecule has 0 aromatic rings. The maximum Gasteiger partial charge on any atom is 0.192 e. The molecule has 106 valence electrons. The number of rotatable bonds is 5. The predicted molar refractivity (Wildman–Crippen MR) is 79.3 cm³/mol. The van der Waals surface area contributed by atoms with Gasteiger partial charge in [-0.25, -0.2) is 0 Å². The summed E-state index contributed by atoms with van der Waals surface area (Å²) in [5.74, 6) is 0.810. The first-order chi connectivity index (χ1) is 8.13. The summed E-state index contributed by atoms with van der Waals surface area (Å²) in [6, 6.07) is 0. The maximum atomic E-state index is 11.6. The van der Waals surface area contributed by atoms with Crippen LogP contribution in [0.25, 0.3) is 0 Å². The lowest BCUT2D eigenvalue weighted by molar-refractivity contribution is -0.120. The van der Waals surface area contributed by atoms with Gasteiger partial charge < -0.3 is 4.43 Å². The molecule has 0 aromatic heterocycles. The van der Waals surface area contributed by atoms with Gasteiger partial charge in [-0.1, -0.05) is 20.8 Å². The fraction of sp³-hybridized carbons (Fsp3) is 0.933. The molecule has 1 aliphatic rings. The molecule has 0 amide bonds. The van der Waals surface area contributed by atoms with Crippen LogP contribution in [0.3, 0.4) is 0 Å². The number of hydrogen-bond acceptors (Lipinski definition) is 2. The highest BCUT2D eigenvalue weighted by molar-refractivity contribution is 6.74. The Morgan fingerprint density at radius 2 is 2.00 bits per heavy atom. The highest BCUT2D eigenvalue weighted by Crippen LogP contribution is 2.38. The first kappa shape index (κ1) is 15.9. The number of ketones is 1. The van der Waals surface area contributed by atoms with Gasteiger partial charge in [0.1, 0.15) is 5.78 Å². The highest BCUT2D eigenvalue weighted by atomic mass is 28.4. The van der Waals surface area contributed by atoms with E-state index in [2.05, 4.69) is 40.8 Å². The van der Waals surface area contributed by atoms with Crippen molar-refractivity contribution in [1.29, 1.82) is 0 Å². The van der Waals surface area contributed by atoms with Crippen LogP contribution in [0.5, 0.6) is 0 Å². The van der Waals surface area contributed by atoms with Crippen LogP contribution in [0, 0.1) is 5.92 Å². The van der Waals surface area contributed by atoms with Gasteiger partial charge >= 0.3 is 0 Å². The molecule has 0 aliphatic heterocycles. The minimum absolute atomic E-state index is 0.268. The molecule has 18 heavy (non-hydrogen) atoms. The van der Waals surface area contributed by atoms with Crippen LogP contribution in [0.1, 0.15) is 59.8 Å². The lowest BCUT2D eigenvalue weighted by Crippen LogP contribution is -2.43. The number of carbonyl (C=O) groups excluding carboxylic acids is 1. The van der Waals surface area contributed by atoms with E-state index in [-0.39, 0.29) is 5.04 Å². The molecule has 0 heterocycles. The van der Waals surface area contributed by atoms with E-state index in [1.807, 2.05) is 0 Å². The molecule has 0 N–H and O–H groups in total. The smallest absolute Gasteiger partial charge is 0.192 e. The molecule has 2 atom stereocenters. The van der Waals surface area contributed by atoms with Crippen molar-refractivity contribution in [1.82, 2.24) is 0 Å². The van der Waals surface area contributed by atoms with Gasteiger partial charge in [-0.3, -0.25) is 4.79 Å². The Hall–Kier alpha value is -0.153. The van der Waals surface area contributed by atoms with Crippen LogP contribution >= 0.6 is 0 Å². The second-order valence-electron chi connectivity index (χ2n) is 7.32. The van der Waals surface area contributed by atoms with E-state index < -0.39 is 8.32 Å². The molecule has 1 unspecified atom stereocenters. The van der Waals surface area contributed by atoms with Crippen molar-refractivity contribution in [3.05, 3.63) is 0 Å². The predicted octanol–water partition coefficient (Wildman–Crippen LogP) is 4.55. The standard InChI is InChI=1S/C15H30O2Si/c1-12(17-18(5,6)15(2,3)4)10-11-13-8-7-9-14(13)16/h12-13H,7-11H2,1-6H3/t12-,13?/m0/s1. The third-order valence-electron chi connectivity index (χ3n) is 4.65. The topological polar surface area (TPSA) is 26.3 Å². The molecule has 0 saturated heterocycles. The molecular formula is C15H30O2Si. The molecule has 1 fully saturated rings. The minimum atomic E-state index is -1.65. The summed E-state index contributed by atoms with van der Waals surface area (Å²) >= 11 is 0. The summed E-state index contributed by atoms with van der Waals surface area (Å²) in [6.45, 7) is 13.6. The summed E-state index contributed by atoms with van der Waals surface area (Å²) in [7, 11) is -1.65. The van der Waals surface area contributed by atoms with Crippen molar-refractivity contribution in [2.45, 2.75) is 84.0 Å². The number of hydrogen-bond donors (Lipinski definition) is 0. The first-order valence-electron chi connectivity index (χ1n) is 7.34. The molecule has 0 radical (unpaired) electrons. The Kier molecular flexibility index (Phi) is 5.19. The minimum Gasteiger partial charge on any atom is -0.414 e. The second-order valence-corrected chi connectivity index (χ2v) is 12.1. The number of Topliss-reactive ketones (excluding diaryl/α,β-unsaturated/α-hetero) is 1. The van der Waals surface area contributed by atoms with Crippen LogP contribution in [0.2, 0.25) is 18.1 Å². The second kappa shape index (κ2) is 5.87. The molecule has 2 nitrogen and oxygen atoms in total. The molecule has 1 rings (SSSR count). The Morgan fingerprint density at radius 3 is 2.44 bits per heavy atom. The fourth-order valence-corrected chi connectivity index (χ4v) is 3.85. The van der Waals surface area contributed by atoms with Crippen molar-refractivity contribution in [3.63, 3.8) is 0 Å². The van der Waals surface area contributed by atoms with Crippen LogP contribution in [0.15, 0.2) is 0 Å². The summed E-state index contributed by atoms with van der Waals surface area (Å²) in [6.07, 6.45) is 5.35. The molecule has 0 spiro atoms. The molecular weight excluding hydrogens is 240 g/mol. The van der Waals surface area contributed by atoms with Crippen LogP contribution in [0.4, 0.5) is 0 Å². The van der Waals surface area contributed by atoms with Gasteiger partial charge in [-0.05, 0) is 50.7 Å². The molecule has 1 aliphatic carbocycles. The van der Waals surface area contributed by atoms with E-state index in [0.717, 1.165) is 32.1 Å². The Bertz CT molecular complexity index is 291. The zero-order valence-electron chi connectivity index (χ0n) is 13.0. The molecule has 0 aromatic carbocycles. The van der Waals surface area contributed by atoms with Crippen molar-refractivity contribution in [2.75, 3.05) is 0 Å². The van der Waals surface area contributed by atoms with Crippen molar-refractivity contribution in [3.8, 4) is 0 Å². The van der Waals surface area contributed by atoms with E-state index in [4.69, 9.17) is 4.43 Å². The monoisotopic (exact) mass is 270 g/mol. The zero-order chi connectivity index (χ0) is 14.0. The van der Waals surface area contributed by atoms with Gasteiger partial charge in [0.2, 0.25) is 0 Å². The summed E-state index contributed by atoms with van der Waals surface area (Å²) in [5, 5.41) is 0.268. The molecule has 0 bridgehead atoms. The average Bonchev–Trinajstić information content (AvgIpc) is 2.58. The van der Waals surface area contributed by atoms with Gasteiger partial charge in [-0.2, -0.15) is 0 Å². The van der Waals surface area contributed by atoms with E-state index in [1.54, 1.807) is 0 Å². The van der Waals surface area contributed by atoms with Crippen molar-refractivity contribution < 1.29 is 9.22 Å². The Morgan fingerprint density at radius 1 is 1.39 bits per heavy atom. The normalized spacial score (nSPS) is 23.4. The summed E-state index contributed by atoms with van der Waals surface area (Å²) in [4.78, 5) is 11.6. The third kappa shape index (κ3) is 4.20. The quantitative estimate of drug-likeness (QED) is 0.685. The maximum absolute atomic E-state index is 11.6. The van der Waals surface area contributed by atoms with Gasteiger partial charge in [0.25, 0.3) is 0 Å². The van der Waals surface area contributed by atoms with E-state index >= 15 is 0 Å². The first-order valence-corrected chi connectivity index (χ1v) is 10.2. The number of carbonyl (C=O) groups is 1. The van der Waals surface area contributed by atoms with Crippen molar-refractivity contribution in [2.24, 2.45) is 5.92 Å². The largest absolute Gasteiger partial charge is 0.414 e. The lowest BCUT2D eigenvalue weighted by atomic mass is 9.99. The summed E-state index contributed by atoms with van der Waals surface area (Å²) < 4.78 is 6.32. The highest BCUT2D eigenvalue weighted by Gasteiger charge is 2.38. The van der Waals surface area contributed by atoms with E-state index in [0.29, 0.717) is 17.8 Å². The van der Waals surface area contributed by atoms with Gasteiger partial charge in [0, 0.05) is 18.4 Å². The third-order valence-corrected chi connectivity index (χ3v) is 9.26. The lowest BCUT2D eigenvalue weighted by Gasteiger charge is -2.38. The van der Waals surface area contributed by atoms with Gasteiger partial charge in [0.05, 0.1) is 0 Å². The van der Waals surface area contributed by atoms with Crippen molar-refractivity contribution >= 4 is 14.1 Å². The molecule has 1 saturated carbocycles. The SMILES string of the molecule is C[C@@H](CCC1CCCC1=O)O[Si](C)(C)C(C)(C)C. The Labute approximate surface area is 114 Å². The summed E-state index contributed by atoms with van der Waals surface area (Å²) in [5.41, 5.74) is 0. The fourth-order valence-electron chi connectivity index (χ4n) is 2.37. The van der Waals surface area contributed by atoms with E-state index in [1.165, 1.54) is 0 Å². The Balaban J connectivity index is 2.37. The van der Waals surface area contributed by atoms with Gasteiger partial charge in [0.15, 0.2) is 8.32 Å². The van der Waals surface area contributed by atoms with E-state index in [9.17, 15) is 4.79 Å². The van der Waals surface area contributed by atoms with Crippen LogP contribution < -0.4 is 0 Å². The van der Waals surface area contributed by atoms with Gasteiger partial charge in [-0.15, -0.1) is 0 Å². The zero-order valence-corrected chi connectivity index (χ0v) is 14.0. The molecule has 3 heteroatoms.